The second kappa shape index (κ2) is 9.26. The summed E-state index contributed by atoms with van der Waals surface area (Å²) in [5, 5.41) is 3.71. The number of aryl methyl sites for hydroxylation is 1. The molecule has 0 saturated carbocycles. The number of carbonyl (C=O) groups excluding carboxylic acids is 1. The van der Waals surface area contributed by atoms with Crippen LogP contribution in [0.15, 0.2) is 59.2 Å². The van der Waals surface area contributed by atoms with E-state index in [1.807, 2.05) is 32.1 Å². The summed E-state index contributed by atoms with van der Waals surface area (Å²) >= 11 is 0. The number of carbonyl (C=O) groups is 1. The van der Waals surface area contributed by atoms with E-state index in [-0.39, 0.29) is 11.5 Å². The van der Waals surface area contributed by atoms with Crippen LogP contribution in [0.5, 0.6) is 5.75 Å². The third-order valence-electron chi connectivity index (χ3n) is 4.61. The molecule has 0 spiro atoms. The minimum Gasteiger partial charge on any atom is -0.493 e. The number of amides is 1. The van der Waals surface area contributed by atoms with Gasteiger partial charge in [-0.3, -0.25) is 9.59 Å². The van der Waals surface area contributed by atoms with Crippen molar-refractivity contribution >= 4 is 16.8 Å². The molecule has 3 aromatic rings. The normalized spacial score (nSPS) is 11.5. The number of aromatic nitrogens is 2. The number of nitrogens with two attached hydrogens (primary N) is 1. The van der Waals surface area contributed by atoms with Gasteiger partial charge in [0.25, 0.3) is 5.91 Å². The van der Waals surface area contributed by atoms with E-state index in [1.165, 1.54) is 10.6 Å². The largest absolute Gasteiger partial charge is 0.493 e. The van der Waals surface area contributed by atoms with Crippen molar-refractivity contribution in [2.45, 2.75) is 20.3 Å². The molecular formula is C23H26N4O3. The molecule has 0 radical (unpaired) electrons. The van der Waals surface area contributed by atoms with Crippen molar-refractivity contribution in [2.75, 3.05) is 13.2 Å². The standard InChI is InChI=1S/C23H26N4O3/c1-4-30-21-13-19(17-8-10-22(28)27(3)14-17)26-20-12-16(7-9-18(20)21)23(29)25-11-5-6-15(2)24/h6-10,12-14H,4-5,11,24H2,1-3H3,(H,25,29)/b15-6+. The molecule has 3 rings (SSSR count). The van der Waals surface area contributed by atoms with Crippen molar-refractivity contribution in [2.24, 2.45) is 12.8 Å². The van der Waals surface area contributed by atoms with Gasteiger partial charge in [-0.1, -0.05) is 6.08 Å². The van der Waals surface area contributed by atoms with Crippen LogP contribution in [-0.2, 0) is 7.05 Å². The summed E-state index contributed by atoms with van der Waals surface area (Å²) in [6, 6.07) is 10.4. The average Bonchev–Trinajstić information content (AvgIpc) is 2.72. The molecule has 156 valence electrons. The predicted molar refractivity (Wildman–Crippen MR) is 118 cm³/mol. The Morgan fingerprint density at radius 1 is 1.27 bits per heavy atom. The molecule has 0 saturated heterocycles. The van der Waals surface area contributed by atoms with Crippen molar-refractivity contribution in [3.63, 3.8) is 0 Å². The van der Waals surface area contributed by atoms with Gasteiger partial charge in [0.1, 0.15) is 5.75 Å². The van der Waals surface area contributed by atoms with Gasteiger partial charge < -0.3 is 20.4 Å². The molecule has 7 heteroatoms. The lowest BCUT2D eigenvalue weighted by Gasteiger charge is -2.12. The van der Waals surface area contributed by atoms with Gasteiger partial charge in [0, 0.05) is 54.1 Å². The van der Waals surface area contributed by atoms with Crippen LogP contribution >= 0.6 is 0 Å². The zero-order valence-corrected chi connectivity index (χ0v) is 17.4. The molecule has 0 unspecified atom stereocenters. The first kappa shape index (κ1) is 21.1. The number of fused-ring (bicyclic) bond motifs is 1. The van der Waals surface area contributed by atoms with Crippen LogP contribution in [0, 0.1) is 0 Å². The smallest absolute Gasteiger partial charge is 0.251 e. The number of rotatable bonds is 7. The van der Waals surface area contributed by atoms with E-state index in [0.29, 0.717) is 42.1 Å². The minimum absolute atomic E-state index is 0.0943. The third-order valence-corrected chi connectivity index (χ3v) is 4.61. The monoisotopic (exact) mass is 406 g/mol. The Hall–Kier alpha value is -3.61. The second-order valence-electron chi connectivity index (χ2n) is 7.03. The van der Waals surface area contributed by atoms with Crippen molar-refractivity contribution in [1.82, 2.24) is 14.9 Å². The lowest BCUT2D eigenvalue weighted by Crippen LogP contribution is -2.24. The van der Waals surface area contributed by atoms with Gasteiger partial charge in [-0.2, -0.15) is 0 Å². The van der Waals surface area contributed by atoms with E-state index < -0.39 is 0 Å². The van der Waals surface area contributed by atoms with Crippen LogP contribution in [0.25, 0.3) is 22.2 Å². The molecular weight excluding hydrogens is 380 g/mol. The number of allylic oxidation sites excluding steroid dienone is 1. The predicted octanol–water partition coefficient (Wildman–Crippen LogP) is 2.98. The minimum atomic E-state index is -0.174. The van der Waals surface area contributed by atoms with E-state index in [2.05, 4.69) is 5.32 Å². The molecule has 0 bridgehead atoms. The number of nitrogens with one attached hydrogen (secondary N) is 1. The second-order valence-corrected chi connectivity index (χ2v) is 7.03. The van der Waals surface area contributed by atoms with Gasteiger partial charge in [-0.05, 0) is 44.5 Å². The highest BCUT2D eigenvalue weighted by Gasteiger charge is 2.12. The van der Waals surface area contributed by atoms with Crippen molar-refractivity contribution < 1.29 is 9.53 Å². The Morgan fingerprint density at radius 2 is 2.07 bits per heavy atom. The number of hydrogen-bond acceptors (Lipinski definition) is 5. The summed E-state index contributed by atoms with van der Waals surface area (Å²) < 4.78 is 7.31. The Kier molecular flexibility index (Phi) is 6.51. The molecule has 7 nitrogen and oxygen atoms in total. The fourth-order valence-corrected chi connectivity index (χ4v) is 3.09. The average molecular weight is 406 g/mol. The van der Waals surface area contributed by atoms with Crippen LogP contribution in [0.1, 0.15) is 30.6 Å². The fraction of sp³-hybridized carbons (Fsp3) is 0.261. The maximum Gasteiger partial charge on any atom is 0.251 e. The van der Waals surface area contributed by atoms with Crippen LogP contribution < -0.4 is 21.3 Å². The number of ether oxygens (including phenoxy) is 1. The van der Waals surface area contributed by atoms with Crippen LogP contribution in [0.3, 0.4) is 0 Å². The van der Waals surface area contributed by atoms with Crippen molar-refractivity contribution in [3.05, 3.63) is 70.3 Å². The van der Waals surface area contributed by atoms with Crippen molar-refractivity contribution in [3.8, 4) is 17.0 Å². The van der Waals surface area contributed by atoms with Gasteiger partial charge in [0.05, 0.1) is 17.8 Å². The molecule has 1 amide bonds. The summed E-state index contributed by atoms with van der Waals surface area (Å²) in [5.74, 6) is 0.508. The quantitative estimate of drug-likeness (QED) is 0.588. The first-order valence-corrected chi connectivity index (χ1v) is 9.84. The van der Waals surface area contributed by atoms with Gasteiger partial charge in [0.2, 0.25) is 5.56 Å². The molecule has 1 aromatic carbocycles. The maximum atomic E-state index is 12.5. The number of nitrogens with zero attached hydrogens (tertiary/aromatic N) is 2. The van der Waals surface area contributed by atoms with Gasteiger partial charge in [0.15, 0.2) is 0 Å². The zero-order valence-electron chi connectivity index (χ0n) is 17.4. The zero-order chi connectivity index (χ0) is 21.7. The summed E-state index contributed by atoms with van der Waals surface area (Å²) in [4.78, 5) is 29.0. The SMILES string of the molecule is CCOc1cc(-c2ccc(=O)n(C)c2)nc2cc(C(=O)NCC/C=C(\C)N)ccc12. The highest BCUT2D eigenvalue weighted by Crippen LogP contribution is 2.30. The third kappa shape index (κ3) is 4.86. The van der Waals surface area contributed by atoms with Crippen LogP contribution in [0.4, 0.5) is 0 Å². The number of hydrogen-bond donors (Lipinski definition) is 2. The molecule has 30 heavy (non-hydrogen) atoms. The molecule has 3 N–H and O–H groups in total. The Morgan fingerprint density at radius 3 is 2.77 bits per heavy atom. The van der Waals surface area contributed by atoms with Gasteiger partial charge in [-0.25, -0.2) is 4.98 Å². The summed E-state index contributed by atoms with van der Waals surface area (Å²) in [7, 11) is 1.69. The lowest BCUT2D eigenvalue weighted by atomic mass is 10.1. The first-order valence-electron chi connectivity index (χ1n) is 9.84. The summed E-state index contributed by atoms with van der Waals surface area (Å²) in [5.41, 5.74) is 8.87. The lowest BCUT2D eigenvalue weighted by molar-refractivity contribution is 0.0954. The molecule has 0 aliphatic heterocycles. The molecule has 0 fully saturated rings. The highest BCUT2D eigenvalue weighted by atomic mass is 16.5. The van der Waals surface area contributed by atoms with Gasteiger partial charge >= 0.3 is 0 Å². The summed E-state index contributed by atoms with van der Waals surface area (Å²) in [6.07, 6.45) is 4.27. The van der Waals surface area contributed by atoms with E-state index in [4.69, 9.17) is 15.5 Å². The van der Waals surface area contributed by atoms with E-state index >= 15 is 0 Å². The highest BCUT2D eigenvalue weighted by molar-refractivity contribution is 5.99. The van der Waals surface area contributed by atoms with Crippen molar-refractivity contribution in [1.29, 1.82) is 0 Å². The fourth-order valence-electron chi connectivity index (χ4n) is 3.09. The topological polar surface area (TPSA) is 99.2 Å². The van der Waals surface area contributed by atoms with E-state index in [9.17, 15) is 9.59 Å². The summed E-state index contributed by atoms with van der Waals surface area (Å²) in [6.45, 7) is 4.73. The molecule has 0 aliphatic rings. The molecule has 2 heterocycles. The Bertz CT molecular complexity index is 1160. The maximum absolute atomic E-state index is 12.5. The molecule has 0 aliphatic carbocycles. The molecule has 0 atom stereocenters. The van der Waals surface area contributed by atoms with Crippen LogP contribution in [-0.4, -0.2) is 28.6 Å². The Balaban J connectivity index is 1.98. The number of benzene rings is 1. The molecule has 2 aromatic heterocycles. The number of pyridine rings is 2. The Labute approximate surface area is 175 Å². The first-order chi connectivity index (χ1) is 14.4. The van der Waals surface area contributed by atoms with Crippen LogP contribution in [0.2, 0.25) is 0 Å². The van der Waals surface area contributed by atoms with Gasteiger partial charge in [-0.15, -0.1) is 0 Å². The van der Waals surface area contributed by atoms with E-state index in [0.717, 1.165) is 16.6 Å². The van der Waals surface area contributed by atoms with E-state index in [1.54, 1.807) is 31.4 Å².